The summed E-state index contributed by atoms with van der Waals surface area (Å²) in [5, 5.41) is 3.06. The van der Waals surface area contributed by atoms with Crippen LogP contribution in [-0.2, 0) is 9.53 Å². The first-order valence-corrected chi connectivity index (χ1v) is 6.80. The van der Waals surface area contributed by atoms with E-state index < -0.39 is 0 Å². The molecule has 1 saturated heterocycles. The van der Waals surface area contributed by atoms with E-state index in [-0.39, 0.29) is 18.1 Å². The zero-order valence-electron chi connectivity index (χ0n) is 11.5. The van der Waals surface area contributed by atoms with Gasteiger partial charge in [-0.3, -0.25) is 4.79 Å². The van der Waals surface area contributed by atoms with Crippen molar-refractivity contribution in [2.75, 3.05) is 13.7 Å². The third-order valence-corrected chi connectivity index (χ3v) is 3.47. The summed E-state index contributed by atoms with van der Waals surface area (Å²) in [6.45, 7) is 2.75. The fourth-order valence-corrected chi connectivity index (χ4v) is 2.31. The zero-order valence-corrected chi connectivity index (χ0v) is 11.5. The third kappa shape index (κ3) is 3.47. The summed E-state index contributed by atoms with van der Waals surface area (Å²) in [5.74, 6) is 0.823. The Hall–Kier alpha value is -1.55. The Morgan fingerprint density at radius 1 is 1.47 bits per heavy atom. The molecule has 104 valence electrons. The molecule has 1 aliphatic rings. The van der Waals surface area contributed by atoms with Crippen LogP contribution in [0, 0.1) is 0 Å². The molecule has 1 heterocycles. The Bertz CT molecular complexity index is 410. The molecule has 4 nitrogen and oxygen atoms in total. The second-order valence-electron chi connectivity index (χ2n) is 4.74. The fraction of sp³-hybridized carbons (Fsp3) is 0.533. The molecule has 1 fully saturated rings. The van der Waals surface area contributed by atoms with Crippen molar-refractivity contribution in [2.45, 2.75) is 38.3 Å². The summed E-state index contributed by atoms with van der Waals surface area (Å²) in [4.78, 5) is 12.1. The van der Waals surface area contributed by atoms with Gasteiger partial charge in [0.1, 0.15) is 11.9 Å². The molecule has 2 atom stereocenters. The van der Waals surface area contributed by atoms with Gasteiger partial charge in [0.2, 0.25) is 5.91 Å². The van der Waals surface area contributed by atoms with Crippen molar-refractivity contribution < 1.29 is 14.3 Å². The van der Waals surface area contributed by atoms with Crippen molar-refractivity contribution >= 4 is 5.91 Å². The number of rotatable bonds is 5. The molecule has 19 heavy (non-hydrogen) atoms. The van der Waals surface area contributed by atoms with Crippen LogP contribution < -0.4 is 10.1 Å². The van der Waals surface area contributed by atoms with Gasteiger partial charge < -0.3 is 14.8 Å². The van der Waals surface area contributed by atoms with Gasteiger partial charge >= 0.3 is 0 Å². The molecule has 1 N–H and O–H groups in total. The molecule has 0 spiro atoms. The Morgan fingerprint density at radius 2 is 2.21 bits per heavy atom. The smallest absolute Gasteiger partial charge is 0.249 e. The van der Waals surface area contributed by atoms with Crippen LogP contribution in [0.15, 0.2) is 24.3 Å². The largest absolute Gasteiger partial charge is 0.497 e. The lowest BCUT2D eigenvalue weighted by molar-refractivity contribution is -0.130. The Labute approximate surface area is 114 Å². The van der Waals surface area contributed by atoms with Crippen LogP contribution in [0.3, 0.4) is 0 Å². The minimum atomic E-state index is -0.271. The SMILES string of the molecule is CC[C@@H](NC(=O)[C@H]1CCCO1)c1ccc(OC)cc1. The predicted molar refractivity (Wildman–Crippen MR) is 73.1 cm³/mol. The number of amides is 1. The number of hydrogen-bond donors (Lipinski definition) is 1. The van der Waals surface area contributed by atoms with Crippen LogP contribution in [-0.4, -0.2) is 25.7 Å². The van der Waals surface area contributed by atoms with Gasteiger partial charge in [0.25, 0.3) is 0 Å². The van der Waals surface area contributed by atoms with E-state index in [4.69, 9.17) is 9.47 Å². The van der Waals surface area contributed by atoms with Gasteiger partial charge in [-0.05, 0) is 37.0 Å². The molecule has 0 aromatic heterocycles. The average molecular weight is 263 g/mol. The molecule has 0 radical (unpaired) electrons. The molecular formula is C15H21NO3. The van der Waals surface area contributed by atoms with E-state index >= 15 is 0 Å². The van der Waals surface area contributed by atoms with E-state index in [9.17, 15) is 4.79 Å². The highest BCUT2D eigenvalue weighted by Gasteiger charge is 2.25. The monoisotopic (exact) mass is 263 g/mol. The van der Waals surface area contributed by atoms with Crippen LogP contribution >= 0.6 is 0 Å². The van der Waals surface area contributed by atoms with Crippen molar-refractivity contribution in [3.63, 3.8) is 0 Å². The van der Waals surface area contributed by atoms with Crippen molar-refractivity contribution in [1.29, 1.82) is 0 Å². The molecule has 0 bridgehead atoms. The molecule has 1 aromatic carbocycles. The number of carbonyl (C=O) groups excluding carboxylic acids is 1. The van der Waals surface area contributed by atoms with E-state index in [0.29, 0.717) is 6.61 Å². The van der Waals surface area contributed by atoms with E-state index in [1.807, 2.05) is 24.3 Å². The van der Waals surface area contributed by atoms with E-state index in [2.05, 4.69) is 12.2 Å². The van der Waals surface area contributed by atoms with Crippen LogP contribution in [0.5, 0.6) is 5.75 Å². The van der Waals surface area contributed by atoms with E-state index in [0.717, 1.165) is 30.6 Å². The molecule has 1 aromatic rings. The summed E-state index contributed by atoms with van der Waals surface area (Å²) < 4.78 is 10.5. The first-order valence-electron chi connectivity index (χ1n) is 6.80. The Balaban J connectivity index is 2.00. The first kappa shape index (κ1) is 13.9. The highest BCUT2D eigenvalue weighted by Crippen LogP contribution is 2.21. The average Bonchev–Trinajstić information content (AvgIpc) is 2.99. The summed E-state index contributed by atoms with van der Waals surface area (Å²) in [7, 11) is 1.64. The summed E-state index contributed by atoms with van der Waals surface area (Å²) in [5.41, 5.74) is 1.09. The predicted octanol–water partition coefficient (Wildman–Crippen LogP) is 2.44. The molecule has 1 amide bonds. The van der Waals surface area contributed by atoms with Gasteiger partial charge in [-0.1, -0.05) is 19.1 Å². The van der Waals surface area contributed by atoms with E-state index in [1.165, 1.54) is 0 Å². The van der Waals surface area contributed by atoms with Crippen molar-refractivity contribution in [1.82, 2.24) is 5.32 Å². The van der Waals surface area contributed by atoms with Crippen molar-refractivity contribution in [2.24, 2.45) is 0 Å². The molecule has 4 heteroatoms. The second-order valence-corrected chi connectivity index (χ2v) is 4.74. The fourth-order valence-electron chi connectivity index (χ4n) is 2.31. The number of hydrogen-bond acceptors (Lipinski definition) is 3. The lowest BCUT2D eigenvalue weighted by Gasteiger charge is -2.20. The lowest BCUT2D eigenvalue weighted by atomic mass is 10.0. The van der Waals surface area contributed by atoms with Gasteiger partial charge in [0, 0.05) is 6.61 Å². The Kier molecular flexibility index (Phi) is 4.80. The Morgan fingerprint density at radius 3 is 2.74 bits per heavy atom. The van der Waals surface area contributed by atoms with E-state index in [1.54, 1.807) is 7.11 Å². The van der Waals surface area contributed by atoms with Gasteiger partial charge in [0.05, 0.1) is 13.2 Å². The highest BCUT2D eigenvalue weighted by molar-refractivity contribution is 5.81. The maximum Gasteiger partial charge on any atom is 0.249 e. The van der Waals surface area contributed by atoms with Crippen LogP contribution in [0.2, 0.25) is 0 Å². The molecule has 0 saturated carbocycles. The second kappa shape index (κ2) is 6.57. The third-order valence-electron chi connectivity index (χ3n) is 3.47. The minimum absolute atomic E-state index is 0.000156. The topological polar surface area (TPSA) is 47.6 Å². The maximum absolute atomic E-state index is 12.1. The standard InChI is InChI=1S/C15H21NO3/c1-3-13(11-6-8-12(18-2)9-7-11)16-15(17)14-5-4-10-19-14/h6-9,13-14H,3-5,10H2,1-2H3,(H,16,17)/t13-,14-/m1/s1. The number of methoxy groups -OCH3 is 1. The molecule has 2 rings (SSSR count). The van der Waals surface area contributed by atoms with Crippen molar-refractivity contribution in [3.05, 3.63) is 29.8 Å². The molecule has 1 aliphatic heterocycles. The summed E-state index contributed by atoms with van der Waals surface area (Å²) in [6, 6.07) is 7.83. The van der Waals surface area contributed by atoms with Gasteiger partial charge in [0.15, 0.2) is 0 Å². The van der Waals surface area contributed by atoms with Gasteiger partial charge in [-0.15, -0.1) is 0 Å². The maximum atomic E-state index is 12.1. The molecular weight excluding hydrogens is 242 g/mol. The molecule has 0 unspecified atom stereocenters. The van der Waals surface area contributed by atoms with Crippen LogP contribution in [0.1, 0.15) is 37.8 Å². The summed E-state index contributed by atoms with van der Waals surface area (Å²) >= 11 is 0. The van der Waals surface area contributed by atoms with Crippen LogP contribution in [0.25, 0.3) is 0 Å². The number of benzene rings is 1. The highest BCUT2D eigenvalue weighted by atomic mass is 16.5. The number of nitrogens with one attached hydrogen (secondary N) is 1. The van der Waals surface area contributed by atoms with Gasteiger partial charge in [-0.25, -0.2) is 0 Å². The zero-order chi connectivity index (χ0) is 13.7. The summed E-state index contributed by atoms with van der Waals surface area (Å²) in [6.07, 6.45) is 2.37. The first-order chi connectivity index (χ1) is 9.24. The van der Waals surface area contributed by atoms with Crippen molar-refractivity contribution in [3.8, 4) is 5.75 Å². The quantitative estimate of drug-likeness (QED) is 0.887. The van der Waals surface area contributed by atoms with Crippen LogP contribution in [0.4, 0.5) is 0 Å². The minimum Gasteiger partial charge on any atom is -0.497 e. The number of ether oxygens (including phenoxy) is 2. The normalized spacial score (nSPS) is 20.0. The van der Waals surface area contributed by atoms with Gasteiger partial charge in [-0.2, -0.15) is 0 Å². The lowest BCUT2D eigenvalue weighted by Crippen LogP contribution is -2.36. The molecule has 0 aliphatic carbocycles. The number of carbonyl (C=O) groups is 1.